The third-order valence-electron chi connectivity index (χ3n) is 7.79. The molecule has 0 aromatic heterocycles. The van der Waals surface area contributed by atoms with E-state index >= 15 is 0 Å². The fourth-order valence-corrected chi connectivity index (χ4v) is 6.68. The summed E-state index contributed by atoms with van der Waals surface area (Å²) in [5, 5.41) is 0.656. The largest absolute Gasteiger partial charge is 0.744 e. The van der Waals surface area contributed by atoms with Crippen molar-refractivity contribution >= 4 is 42.3 Å². The first kappa shape index (κ1) is 31.6. The molecule has 0 atom stereocenters. The van der Waals surface area contributed by atoms with Gasteiger partial charge in [0.2, 0.25) is 0 Å². The maximum Gasteiger partial charge on any atom is 0.124 e. The van der Waals surface area contributed by atoms with E-state index < -0.39 is 30.0 Å². The summed E-state index contributed by atoms with van der Waals surface area (Å²) < 4.78 is 72.1. The van der Waals surface area contributed by atoms with Crippen LogP contribution in [0.1, 0.15) is 37.8 Å². The van der Waals surface area contributed by atoms with E-state index in [9.17, 15) is 25.9 Å². The molecule has 0 bridgehead atoms. The summed E-state index contributed by atoms with van der Waals surface area (Å²) in [7, 11) is -9.74. The van der Waals surface area contributed by atoms with E-state index in [1.165, 1.54) is 18.2 Å². The van der Waals surface area contributed by atoms with Gasteiger partial charge in [-0.15, -0.1) is 0 Å². The molecule has 0 heterocycles. The van der Waals surface area contributed by atoms with Crippen LogP contribution < -0.4 is 16.4 Å². The lowest BCUT2D eigenvalue weighted by Gasteiger charge is -2.28. The third-order valence-corrected chi connectivity index (χ3v) is 9.44. The Morgan fingerprint density at radius 2 is 1.33 bits per heavy atom. The summed E-state index contributed by atoms with van der Waals surface area (Å²) in [5.41, 5.74) is 11.5. The van der Waals surface area contributed by atoms with Crippen molar-refractivity contribution in [2.75, 3.05) is 31.1 Å². The molecular formula is C31H37N3O6S2. The molecule has 0 unspecified atom stereocenters. The molecule has 1 aliphatic rings. The highest BCUT2D eigenvalue weighted by molar-refractivity contribution is 7.86. The zero-order valence-corrected chi connectivity index (χ0v) is 25.5. The topological polar surface area (TPSA) is 173 Å². The molecule has 4 rings (SSSR count). The molecule has 11 heteroatoms. The summed E-state index contributed by atoms with van der Waals surface area (Å²) in [4.78, 5) is 1.17. The van der Waals surface area contributed by atoms with E-state index in [1.54, 1.807) is 0 Å². The minimum Gasteiger partial charge on any atom is -0.744 e. The highest BCUT2D eigenvalue weighted by Crippen LogP contribution is 2.40. The lowest BCUT2D eigenvalue weighted by atomic mass is 9.76. The lowest BCUT2D eigenvalue weighted by Crippen LogP contribution is -2.54. The van der Waals surface area contributed by atoms with Gasteiger partial charge in [0.05, 0.1) is 22.9 Å². The van der Waals surface area contributed by atoms with E-state index in [0.717, 1.165) is 68.0 Å². The van der Waals surface area contributed by atoms with Crippen LogP contribution in [0, 0.1) is 5.41 Å². The third kappa shape index (κ3) is 6.67. The summed E-state index contributed by atoms with van der Waals surface area (Å²) in [6.07, 6.45) is 9.94. The van der Waals surface area contributed by atoms with Crippen LogP contribution in [0.25, 0.3) is 16.3 Å². The average molecular weight is 612 g/mol. The Morgan fingerprint density at radius 1 is 0.786 bits per heavy atom. The molecule has 0 radical (unpaired) electrons. The normalized spacial score (nSPS) is 14.9. The van der Waals surface area contributed by atoms with Gasteiger partial charge in [-0.1, -0.05) is 42.5 Å². The van der Waals surface area contributed by atoms with Gasteiger partial charge >= 0.3 is 0 Å². The maximum absolute atomic E-state index is 12.3. The van der Waals surface area contributed by atoms with Crippen molar-refractivity contribution in [1.82, 2.24) is 0 Å². The quantitative estimate of drug-likeness (QED) is 0.314. The second-order valence-electron chi connectivity index (χ2n) is 10.4. The Morgan fingerprint density at radius 3 is 1.83 bits per heavy atom. The van der Waals surface area contributed by atoms with E-state index in [-0.39, 0.29) is 10.8 Å². The number of quaternary nitrogens is 2. The van der Waals surface area contributed by atoms with Gasteiger partial charge in [0.15, 0.2) is 0 Å². The van der Waals surface area contributed by atoms with Crippen LogP contribution in [0.4, 0.5) is 5.69 Å². The molecule has 1 aliphatic carbocycles. The van der Waals surface area contributed by atoms with Gasteiger partial charge in [-0.3, -0.25) is 0 Å². The Bertz CT molecular complexity index is 1740. The fraction of sp³-hybridized carbons (Fsp3) is 0.290. The number of hydrogen-bond donors (Lipinski definition) is 2. The van der Waals surface area contributed by atoms with Crippen LogP contribution >= 0.6 is 0 Å². The first-order valence-electron chi connectivity index (χ1n) is 13.9. The second-order valence-corrected chi connectivity index (χ2v) is 13.2. The number of benzene rings is 3. The highest BCUT2D eigenvalue weighted by Gasteiger charge is 2.27. The molecule has 0 spiro atoms. The number of fused-ring (bicyclic) bond motifs is 1. The molecule has 0 amide bonds. The van der Waals surface area contributed by atoms with E-state index in [2.05, 4.69) is 42.4 Å². The van der Waals surface area contributed by atoms with E-state index in [1.807, 2.05) is 36.4 Å². The summed E-state index contributed by atoms with van der Waals surface area (Å²) >= 11 is 0. The van der Waals surface area contributed by atoms with Gasteiger partial charge in [-0.05, 0) is 83.3 Å². The zero-order chi connectivity index (χ0) is 30.7. The van der Waals surface area contributed by atoms with Crippen molar-refractivity contribution in [1.29, 1.82) is 0 Å². The molecule has 6 N–H and O–H groups in total. The summed E-state index contributed by atoms with van der Waals surface area (Å²) in [6.45, 7) is 7.29. The van der Waals surface area contributed by atoms with Crippen LogP contribution in [0.3, 0.4) is 0 Å². The Hall–Kier alpha value is -3.32. The van der Waals surface area contributed by atoms with Crippen LogP contribution in [0.5, 0.6) is 0 Å². The smallest absolute Gasteiger partial charge is 0.124 e. The zero-order valence-electron chi connectivity index (χ0n) is 23.9. The molecule has 3 aromatic carbocycles. The van der Waals surface area contributed by atoms with Crippen molar-refractivity contribution in [2.24, 2.45) is 5.41 Å². The molecule has 42 heavy (non-hydrogen) atoms. The first-order valence-corrected chi connectivity index (χ1v) is 16.7. The fourth-order valence-electron chi connectivity index (χ4n) is 5.64. The van der Waals surface area contributed by atoms with Crippen molar-refractivity contribution in [3.63, 3.8) is 0 Å². The molecule has 3 aromatic rings. The molecule has 0 saturated carbocycles. The molecule has 0 saturated heterocycles. The van der Waals surface area contributed by atoms with Gasteiger partial charge < -0.3 is 25.5 Å². The average Bonchev–Trinajstić information content (AvgIpc) is 2.94. The summed E-state index contributed by atoms with van der Waals surface area (Å²) in [5.74, 6) is 0. The van der Waals surface area contributed by atoms with Crippen molar-refractivity contribution in [2.45, 2.75) is 36.5 Å². The monoisotopic (exact) mass is 611 g/mol. The first-order chi connectivity index (χ1) is 19.9. The van der Waals surface area contributed by atoms with Crippen LogP contribution in [-0.4, -0.2) is 52.1 Å². The number of rotatable bonds is 11. The standard InChI is InChI=1S/C31H37N3O6S2/c1-3-34(4-2)25-7-5-22(6-8-25)30(23-11-13-31(14-12-23,15-17-32)16-18-33)29-21-27(42(38,39)40)20-24-19-26(41(35,36)37)9-10-28(24)29/h5-14,19-21H,3-4,15-18,32-33H2,1-2H3,(H,35,36,37)(H,38,39,40). The van der Waals surface area contributed by atoms with E-state index in [0.29, 0.717) is 16.5 Å². The number of anilines is 1. The molecular weight excluding hydrogens is 574 g/mol. The van der Waals surface area contributed by atoms with Gasteiger partial charge in [-0.2, -0.15) is 0 Å². The summed E-state index contributed by atoms with van der Waals surface area (Å²) in [6, 6.07) is 14.1. The van der Waals surface area contributed by atoms with Crippen LogP contribution in [0.15, 0.2) is 94.3 Å². The predicted molar refractivity (Wildman–Crippen MR) is 161 cm³/mol. The number of hydrogen-bond acceptors (Lipinski definition) is 7. The predicted octanol–water partition coefficient (Wildman–Crippen LogP) is 2.67. The number of nitrogens with zero attached hydrogens (tertiary/aromatic N) is 1. The molecule has 0 fully saturated rings. The van der Waals surface area contributed by atoms with Crippen LogP contribution in [0.2, 0.25) is 0 Å². The Balaban J connectivity index is 2.05. The maximum atomic E-state index is 12.3. The van der Waals surface area contributed by atoms with Crippen molar-refractivity contribution < 1.29 is 37.4 Å². The number of allylic oxidation sites excluding steroid dienone is 5. The lowest BCUT2D eigenvalue weighted by molar-refractivity contribution is -0.379. The van der Waals surface area contributed by atoms with Crippen LogP contribution in [-0.2, 0) is 20.2 Å². The molecule has 9 nitrogen and oxygen atoms in total. The Labute approximate surface area is 247 Å². The van der Waals surface area contributed by atoms with Crippen molar-refractivity contribution in [3.05, 3.63) is 95.6 Å². The second kappa shape index (κ2) is 12.5. The molecule has 224 valence electrons. The highest BCUT2D eigenvalue weighted by atomic mass is 32.2. The van der Waals surface area contributed by atoms with Gasteiger partial charge in [0, 0.05) is 37.0 Å². The Kier molecular flexibility index (Phi) is 9.41. The SMILES string of the molecule is CCN(CC)c1ccc(C(=C2C=CC(CC[NH3+])(CC[NH3+])C=C2)c2cc(S(=O)(=O)[O-])cc3cc(S(=O)(=O)[O-])ccc23)cc1. The van der Waals surface area contributed by atoms with E-state index in [4.69, 9.17) is 0 Å². The molecule has 0 aliphatic heterocycles. The van der Waals surface area contributed by atoms with Gasteiger partial charge in [0.25, 0.3) is 0 Å². The van der Waals surface area contributed by atoms with Crippen molar-refractivity contribution in [3.8, 4) is 0 Å². The minimum atomic E-state index is -4.93. The van der Waals surface area contributed by atoms with Gasteiger partial charge in [-0.25, -0.2) is 16.8 Å². The van der Waals surface area contributed by atoms with Gasteiger partial charge in [0.1, 0.15) is 20.2 Å². The minimum absolute atomic E-state index is 0.156.